The molecule has 30 heavy (non-hydrogen) atoms. The maximum Gasteiger partial charge on any atom is 0.216 e. The van der Waals surface area contributed by atoms with Gasteiger partial charge in [-0.15, -0.1) is 0 Å². The Morgan fingerprint density at radius 2 is 1.73 bits per heavy atom. The van der Waals surface area contributed by atoms with Crippen molar-refractivity contribution in [2.45, 2.75) is 82.6 Å². The summed E-state index contributed by atoms with van der Waals surface area (Å²) in [6, 6.07) is 8.18. The van der Waals surface area contributed by atoms with Crippen molar-refractivity contribution in [3.63, 3.8) is 0 Å². The van der Waals surface area contributed by atoms with Gasteiger partial charge in [-0.2, -0.15) is 0 Å². The van der Waals surface area contributed by atoms with Crippen molar-refractivity contribution in [2.24, 2.45) is 5.92 Å². The van der Waals surface area contributed by atoms with Gasteiger partial charge in [-0.3, -0.25) is 0 Å². The first kappa shape index (κ1) is 23.4. The van der Waals surface area contributed by atoms with Crippen LogP contribution in [0.15, 0.2) is 24.3 Å². The quantitative estimate of drug-likeness (QED) is 0.632. The average molecular weight is 439 g/mol. The highest BCUT2D eigenvalue weighted by Gasteiger charge is 2.32. The van der Waals surface area contributed by atoms with Crippen molar-refractivity contribution < 1.29 is 17.9 Å². The minimum absolute atomic E-state index is 0.0649. The molecule has 1 heterocycles. The summed E-state index contributed by atoms with van der Waals surface area (Å²) >= 11 is 0. The molecule has 0 spiro atoms. The SMILES string of the molecule is CC(C)(C)S(=O)(=O)NC1CCC(CNc2ccc(OCC3CCCCO3)cc2)CC1. The molecular formula is C23H38N2O4S. The molecule has 7 heteroatoms. The van der Waals surface area contributed by atoms with Gasteiger partial charge in [-0.25, -0.2) is 13.1 Å². The Labute approximate surface area is 182 Å². The lowest BCUT2D eigenvalue weighted by Crippen LogP contribution is -2.46. The molecule has 3 rings (SSSR count). The number of anilines is 1. The fraction of sp³-hybridized carbons (Fsp3) is 0.739. The summed E-state index contributed by atoms with van der Waals surface area (Å²) in [4.78, 5) is 0. The molecule has 2 N–H and O–H groups in total. The van der Waals surface area contributed by atoms with Gasteiger partial charge in [0.15, 0.2) is 0 Å². The topological polar surface area (TPSA) is 76.7 Å². The maximum absolute atomic E-state index is 12.3. The standard InChI is InChI=1S/C23H38N2O4S/c1-23(2,3)30(26,27)25-20-9-7-18(8-10-20)16-24-19-11-13-21(14-12-19)29-17-22-6-4-5-15-28-22/h11-14,18,20,22,24-25H,4-10,15-17H2,1-3H3. The zero-order chi connectivity index (χ0) is 21.6. The van der Waals surface area contributed by atoms with E-state index < -0.39 is 14.8 Å². The molecule has 0 bridgehead atoms. The molecular weight excluding hydrogens is 400 g/mol. The Morgan fingerprint density at radius 3 is 2.33 bits per heavy atom. The minimum Gasteiger partial charge on any atom is -0.491 e. The molecule has 1 aromatic carbocycles. The van der Waals surface area contributed by atoms with Gasteiger partial charge in [-0.1, -0.05) is 0 Å². The van der Waals surface area contributed by atoms with E-state index in [1.165, 1.54) is 6.42 Å². The van der Waals surface area contributed by atoms with E-state index in [1.54, 1.807) is 20.8 Å². The van der Waals surface area contributed by atoms with Crippen LogP contribution in [0, 0.1) is 5.92 Å². The van der Waals surface area contributed by atoms with Crippen LogP contribution in [0.2, 0.25) is 0 Å². The lowest BCUT2D eigenvalue weighted by atomic mass is 9.86. The van der Waals surface area contributed by atoms with Crippen molar-refractivity contribution in [3.05, 3.63) is 24.3 Å². The number of rotatable bonds is 8. The number of nitrogens with one attached hydrogen (secondary N) is 2. The van der Waals surface area contributed by atoms with Crippen LogP contribution in [0.1, 0.15) is 65.7 Å². The van der Waals surface area contributed by atoms with E-state index in [1.807, 2.05) is 12.1 Å². The van der Waals surface area contributed by atoms with Crippen LogP contribution in [0.3, 0.4) is 0 Å². The second-order valence-corrected chi connectivity index (χ2v) is 12.1. The van der Waals surface area contributed by atoms with Gasteiger partial charge >= 0.3 is 0 Å². The first-order chi connectivity index (χ1) is 14.2. The van der Waals surface area contributed by atoms with Crippen LogP contribution in [0.5, 0.6) is 5.75 Å². The fourth-order valence-corrected chi connectivity index (χ4v) is 4.97. The Balaban J connectivity index is 1.36. The monoisotopic (exact) mass is 438 g/mol. The predicted octanol–water partition coefficient (Wildman–Crippen LogP) is 4.32. The van der Waals surface area contributed by atoms with Crippen molar-refractivity contribution in [1.82, 2.24) is 4.72 Å². The van der Waals surface area contributed by atoms with Crippen LogP contribution < -0.4 is 14.8 Å². The largest absolute Gasteiger partial charge is 0.491 e. The Kier molecular flexibility index (Phi) is 8.04. The lowest BCUT2D eigenvalue weighted by Gasteiger charge is -2.31. The Hall–Kier alpha value is -1.31. The van der Waals surface area contributed by atoms with Gasteiger partial charge in [0.05, 0.1) is 10.9 Å². The van der Waals surface area contributed by atoms with E-state index in [4.69, 9.17) is 9.47 Å². The minimum atomic E-state index is -3.27. The van der Waals surface area contributed by atoms with Crippen molar-refractivity contribution in [3.8, 4) is 5.75 Å². The highest BCUT2D eigenvalue weighted by molar-refractivity contribution is 7.90. The zero-order valence-electron chi connectivity index (χ0n) is 18.7. The molecule has 1 saturated heterocycles. The first-order valence-electron chi connectivity index (χ1n) is 11.3. The predicted molar refractivity (Wildman–Crippen MR) is 122 cm³/mol. The van der Waals surface area contributed by atoms with E-state index in [9.17, 15) is 8.42 Å². The highest BCUT2D eigenvalue weighted by Crippen LogP contribution is 2.27. The van der Waals surface area contributed by atoms with Crippen molar-refractivity contribution in [2.75, 3.05) is 25.1 Å². The Morgan fingerprint density at radius 1 is 1.03 bits per heavy atom. The van der Waals surface area contributed by atoms with Gasteiger partial charge in [0.25, 0.3) is 0 Å². The van der Waals surface area contributed by atoms with Gasteiger partial charge in [0.2, 0.25) is 10.0 Å². The molecule has 170 valence electrons. The summed E-state index contributed by atoms with van der Waals surface area (Å²) in [6.45, 7) is 7.60. The molecule has 1 aliphatic carbocycles. The van der Waals surface area contributed by atoms with Gasteiger partial charge in [-0.05, 0) is 95.9 Å². The summed E-state index contributed by atoms with van der Waals surface area (Å²) < 4.78 is 38.4. The van der Waals surface area contributed by atoms with Gasteiger partial charge in [0, 0.05) is 24.9 Å². The average Bonchev–Trinajstić information content (AvgIpc) is 2.72. The molecule has 1 atom stereocenters. The maximum atomic E-state index is 12.3. The third kappa shape index (κ3) is 6.86. The molecule has 1 unspecified atom stereocenters. The summed E-state index contributed by atoms with van der Waals surface area (Å²) in [5.41, 5.74) is 1.09. The second-order valence-electron chi connectivity index (χ2n) is 9.66. The zero-order valence-corrected chi connectivity index (χ0v) is 19.5. The van der Waals surface area contributed by atoms with Crippen LogP contribution in [-0.2, 0) is 14.8 Å². The number of hydrogen-bond acceptors (Lipinski definition) is 5. The Bertz CT molecular complexity index is 744. The molecule has 2 aliphatic rings. The molecule has 0 radical (unpaired) electrons. The van der Waals surface area contributed by atoms with E-state index in [2.05, 4.69) is 22.2 Å². The number of benzene rings is 1. The van der Waals surface area contributed by atoms with E-state index in [0.717, 1.165) is 63.1 Å². The smallest absolute Gasteiger partial charge is 0.216 e. The summed E-state index contributed by atoms with van der Waals surface area (Å²) in [7, 11) is -3.27. The summed E-state index contributed by atoms with van der Waals surface area (Å²) in [6.07, 6.45) is 7.56. The lowest BCUT2D eigenvalue weighted by molar-refractivity contribution is -0.0110. The van der Waals surface area contributed by atoms with Crippen LogP contribution in [-0.4, -0.2) is 45.1 Å². The molecule has 0 aromatic heterocycles. The highest BCUT2D eigenvalue weighted by atomic mass is 32.2. The normalized spacial score (nSPS) is 25.6. The van der Waals surface area contributed by atoms with Gasteiger partial charge in [0.1, 0.15) is 12.4 Å². The summed E-state index contributed by atoms with van der Waals surface area (Å²) in [5, 5.41) is 3.52. The van der Waals surface area contributed by atoms with Gasteiger partial charge < -0.3 is 14.8 Å². The number of hydrogen-bond donors (Lipinski definition) is 2. The fourth-order valence-electron chi connectivity index (χ4n) is 3.94. The first-order valence-corrected chi connectivity index (χ1v) is 12.8. The number of sulfonamides is 1. The third-order valence-corrected chi connectivity index (χ3v) is 8.39. The molecule has 0 amide bonds. The van der Waals surface area contributed by atoms with E-state index in [0.29, 0.717) is 12.5 Å². The van der Waals surface area contributed by atoms with Crippen LogP contribution in [0.25, 0.3) is 0 Å². The molecule has 1 aromatic rings. The van der Waals surface area contributed by atoms with Crippen molar-refractivity contribution in [1.29, 1.82) is 0 Å². The molecule has 1 saturated carbocycles. The molecule has 6 nitrogen and oxygen atoms in total. The second kappa shape index (κ2) is 10.3. The third-order valence-electron chi connectivity index (χ3n) is 6.13. The van der Waals surface area contributed by atoms with Crippen LogP contribution in [0.4, 0.5) is 5.69 Å². The molecule has 1 aliphatic heterocycles. The van der Waals surface area contributed by atoms with Crippen molar-refractivity contribution >= 4 is 15.7 Å². The van der Waals surface area contributed by atoms with E-state index >= 15 is 0 Å². The van der Waals surface area contributed by atoms with Crippen LogP contribution >= 0.6 is 0 Å². The summed E-state index contributed by atoms with van der Waals surface area (Å²) in [5.74, 6) is 1.45. The number of ether oxygens (including phenoxy) is 2. The molecule has 2 fully saturated rings. The van der Waals surface area contributed by atoms with E-state index in [-0.39, 0.29) is 12.1 Å².